The summed E-state index contributed by atoms with van der Waals surface area (Å²) in [6, 6.07) is 0. The van der Waals surface area contributed by atoms with Gasteiger partial charge in [0, 0.05) is 11.1 Å². The van der Waals surface area contributed by atoms with E-state index in [2.05, 4.69) is 6.92 Å². The second kappa shape index (κ2) is 6.38. The van der Waals surface area contributed by atoms with Crippen molar-refractivity contribution in [2.45, 2.75) is 19.8 Å². The lowest BCUT2D eigenvalue weighted by Crippen LogP contribution is -2.04. The Labute approximate surface area is 109 Å². The molecular weight excluding hydrogens is 232 g/mol. The van der Waals surface area contributed by atoms with Crippen LogP contribution in [0.1, 0.15) is 17.5 Å². The summed E-state index contributed by atoms with van der Waals surface area (Å²) < 4.78 is 21.6. The van der Waals surface area contributed by atoms with E-state index in [1.807, 2.05) is 6.92 Å². The van der Waals surface area contributed by atoms with E-state index >= 15 is 0 Å². The minimum atomic E-state index is 0.558. The molecule has 0 saturated heterocycles. The summed E-state index contributed by atoms with van der Waals surface area (Å²) in [4.78, 5) is 0. The predicted molar refractivity (Wildman–Crippen MR) is 71.1 cm³/mol. The highest BCUT2D eigenvalue weighted by atomic mass is 16.5. The molecule has 4 nitrogen and oxygen atoms in total. The Morgan fingerprint density at radius 3 is 1.61 bits per heavy atom. The fraction of sp³-hybridized carbons (Fsp3) is 0.500. The second-order valence-corrected chi connectivity index (χ2v) is 3.84. The molecule has 0 aromatic heterocycles. The summed E-state index contributed by atoms with van der Waals surface area (Å²) in [5.74, 6) is 2.49. The average molecular weight is 253 g/mol. The van der Waals surface area contributed by atoms with Gasteiger partial charge in [-0.05, 0) is 19.8 Å². The van der Waals surface area contributed by atoms with Crippen molar-refractivity contribution < 1.29 is 18.9 Å². The number of rotatable bonds is 6. The van der Waals surface area contributed by atoms with Crippen LogP contribution < -0.4 is 18.9 Å². The zero-order chi connectivity index (χ0) is 13.7. The third-order valence-electron chi connectivity index (χ3n) is 2.93. The Morgan fingerprint density at radius 2 is 1.22 bits per heavy atom. The molecule has 0 aliphatic rings. The molecular formula is C14H21O4. The lowest BCUT2D eigenvalue weighted by atomic mass is 10.0. The van der Waals surface area contributed by atoms with Gasteiger partial charge in [-0.15, -0.1) is 0 Å². The molecule has 0 fully saturated rings. The van der Waals surface area contributed by atoms with Crippen molar-refractivity contribution in [1.29, 1.82) is 0 Å². The fourth-order valence-electron chi connectivity index (χ4n) is 2.13. The van der Waals surface area contributed by atoms with Gasteiger partial charge in [-0.1, -0.05) is 6.92 Å². The number of methoxy groups -OCH3 is 4. The number of hydrogen-bond donors (Lipinski definition) is 0. The van der Waals surface area contributed by atoms with Crippen LogP contribution in [0, 0.1) is 13.8 Å². The highest BCUT2D eigenvalue weighted by Crippen LogP contribution is 2.49. The summed E-state index contributed by atoms with van der Waals surface area (Å²) in [5, 5.41) is 0. The Kier molecular flexibility index (Phi) is 5.13. The van der Waals surface area contributed by atoms with Gasteiger partial charge in [-0.25, -0.2) is 0 Å². The molecule has 1 rings (SSSR count). The molecule has 0 spiro atoms. The van der Waals surface area contributed by atoms with Gasteiger partial charge in [0.2, 0.25) is 11.5 Å². The fourth-order valence-corrected chi connectivity index (χ4v) is 2.13. The van der Waals surface area contributed by atoms with Crippen molar-refractivity contribution in [3.05, 3.63) is 18.1 Å². The second-order valence-electron chi connectivity index (χ2n) is 3.84. The summed E-state index contributed by atoms with van der Waals surface area (Å²) in [6.45, 7) is 5.86. The number of benzene rings is 1. The molecule has 1 aromatic carbocycles. The molecule has 0 bridgehead atoms. The molecule has 0 amide bonds. The van der Waals surface area contributed by atoms with Crippen LogP contribution in [0.15, 0.2) is 0 Å². The van der Waals surface area contributed by atoms with Crippen LogP contribution in [-0.2, 0) is 6.42 Å². The predicted octanol–water partition coefficient (Wildman–Crippen LogP) is 2.80. The van der Waals surface area contributed by atoms with Gasteiger partial charge >= 0.3 is 0 Å². The van der Waals surface area contributed by atoms with Crippen LogP contribution in [0.4, 0.5) is 0 Å². The average Bonchev–Trinajstić information content (AvgIpc) is 2.39. The van der Waals surface area contributed by atoms with Crippen molar-refractivity contribution in [3.63, 3.8) is 0 Å². The van der Waals surface area contributed by atoms with Gasteiger partial charge in [0.25, 0.3) is 0 Å². The molecule has 18 heavy (non-hydrogen) atoms. The zero-order valence-corrected chi connectivity index (χ0v) is 11.8. The smallest absolute Gasteiger partial charge is 0.207 e. The standard InChI is InChI=1S/C14H21O4/c1-7-8-10-9(2)11(15-3)13(17-5)14(18-6)12(10)16-4/h1,7-8H2,2-6H3. The van der Waals surface area contributed by atoms with Crippen LogP contribution in [0.25, 0.3) is 0 Å². The zero-order valence-electron chi connectivity index (χ0n) is 11.8. The highest BCUT2D eigenvalue weighted by Gasteiger charge is 2.24. The molecule has 1 radical (unpaired) electrons. The van der Waals surface area contributed by atoms with Gasteiger partial charge in [-0.3, -0.25) is 0 Å². The number of ether oxygens (including phenoxy) is 4. The highest BCUT2D eigenvalue weighted by molar-refractivity contribution is 5.66. The third kappa shape index (κ3) is 2.33. The van der Waals surface area contributed by atoms with Crippen LogP contribution in [0.5, 0.6) is 23.0 Å². The number of hydrogen-bond acceptors (Lipinski definition) is 4. The van der Waals surface area contributed by atoms with E-state index in [1.165, 1.54) is 0 Å². The van der Waals surface area contributed by atoms with Crippen molar-refractivity contribution >= 4 is 0 Å². The topological polar surface area (TPSA) is 36.9 Å². The van der Waals surface area contributed by atoms with E-state index in [4.69, 9.17) is 18.9 Å². The molecule has 4 heteroatoms. The molecule has 101 valence electrons. The van der Waals surface area contributed by atoms with Gasteiger partial charge in [-0.2, -0.15) is 0 Å². The first kappa shape index (κ1) is 14.5. The van der Waals surface area contributed by atoms with Gasteiger partial charge in [0.15, 0.2) is 11.5 Å². The molecule has 1 aromatic rings. The first-order chi connectivity index (χ1) is 8.65. The summed E-state index contributed by atoms with van der Waals surface area (Å²) >= 11 is 0. The molecule has 0 heterocycles. The van der Waals surface area contributed by atoms with Crippen molar-refractivity contribution in [3.8, 4) is 23.0 Å². The van der Waals surface area contributed by atoms with E-state index in [0.717, 1.165) is 24.0 Å². The molecule has 0 saturated carbocycles. The maximum absolute atomic E-state index is 5.45. The Hall–Kier alpha value is -1.58. The lowest BCUT2D eigenvalue weighted by molar-refractivity contribution is 0.302. The molecule has 0 aliphatic heterocycles. The Balaban J connectivity index is 3.61. The van der Waals surface area contributed by atoms with Crippen LogP contribution in [0.2, 0.25) is 0 Å². The monoisotopic (exact) mass is 253 g/mol. The van der Waals surface area contributed by atoms with Crippen LogP contribution in [-0.4, -0.2) is 28.4 Å². The SMILES string of the molecule is [CH2]CCc1c(C)c(OC)c(OC)c(OC)c1OC. The van der Waals surface area contributed by atoms with Gasteiger partial charge in [0.1, 0.15) is 0 Å². The third-order valence-corrected chi connectivity index (χ3v) is 2.93. The first-order valence-electron chi connectivity index (χ1n) is 5.80. The van der Waals surface area contributed by atoms with Gasteiger partial charge in [0.05, 0.1) is 28.4 Å². The van der Waals surface area contributed by atoms with E-state index in [9.17, 15) is 0 Å². The maximum atomic E-state index is 5.45. The van der Waals surface area contributed by atoms with E-state index in [1.54, 1.807) is 28.4 Å². The summed E-state index contributed by atoms with van der Waals surface area (Å²) in [6.07, 6.45) is 1.57. The maximum Gasteiger partial charge on any atom is 0.207 e. The minimum Gasteiger partial charge on any atom is -0.492 e. The van der Waals surface area contributed by atoms with E-state index < -0.39 is 0 Å². The first-order valence-corrected chi connectivity index (χ1v) is 5.80. The van der Waals surface area contributed by atoms with Crippen molar-refractivity contribution in [1.82, 2.24) is 0 Å². The van der Waals surface area contributed by atoms with E-state index in [0.29, 0.717) is 23.0 Å². The van der Waals surface area contributed by atoms with Crippen LogP contribution in [0.3, 0.4) is 0 Å². The van der Waals surface area contributed by atoms with E-state index in [-0.39, 0.29) is 0 Å². The Bertz CT molecular complexity index is 413. The quantitative estimate of drug-likeness (QED) is 0.781. The molecule has 0 atom stereocenters. The minimum absolute atomic E-state index is 0.558. The largest absolute Gasteiger partial charge is 0.492 e. The van der Waals surface area contributed by atoms with Gasteiger partial charge < -0.3 is 18.9 Å². The molecule has 0 unspecified atom stereocenters. The summed E-state index contributed by atoms with van der Waals surface area (Å²) in [5.41, 5.74) is 2.04. The summed E-state index contributed by atoms with van der Waals surface area (Å²) in [7, 11) is 6.41. The molecule has 0 N–H and O–H groups in total. The van der Waals surface area contributed by atoms with Crippen molar-refractivity contribution in [2.75, 3.05) is 28.4 Å². The normalized spacial score (nSPS) is 10.1. The van der Waals surface area contributed by atoms with Crippen molar-refractivity contribution in [2.24, 2.45) is 0 Å². The lowest BCUT2D eigenvalue weighted by Gasteiger charge is -2.21. The Morgan fingerprint density at radius 1 is 0.778 bits per heavy atom. The van der Waals surface area contributed by atoms with Crippen LogP contribution >= 0.6 is 0 Å². The molecule has 0 aliphatic carbocycles.